The quantitative estimate of drug-likeness (QED) is 0.830. The number of hydrogen-bond acceptors (Lipinski definition) is 1. The van der Waals surface area contributed by atoms with Crippen molar-refractivity contribution < 1.29 is 4.79 Å². The largest absolute Gasteiger partial charge is 0.341 e. The van der Waals surface area contributed by atoms with Gasteiger partial charge in [0.1, 0.15) is 0 Å². The maximum absolute atomic E-state index is 11.2. The molecular weight excluding hydrogens is 224 g/mol. The highest BCUT2D eigenvalue weighted by Crippen LogP contribution is 2.26. The molecule has 0 saturated heterocycles. The van der Waals surface area contributed by atoms with Crippen molar-refractivity contribution in [3.05, 3.63) is 34.4 Å². The molecule has 0 aliphatic rings. The zero-order valence-electron chi connectivity index (χ0n) is 12.3. The molecule has 3 heteroatoms. The summed E-state index contributed by atoms with van der Waals surface area (Å²) in [5.41, 5.74) is 5.16. The van der Waals surface area contributed by atoms with Crippen LogP contribution in [0, 0.1) is 13.8 Å². The van der Waals surface area contributed by atoms with Crippen molar-refractivity contribution in [2.75, 3.05) is 7.05 Å². The Kier molecular flexibility index (Phi) is 4.38. The van der Waals surface area contributed by atoms with Crippen LogP contribution >= 0.6 is 0 Å². The first-order chi connectivity index (χ1) is 8.25. The highest BCUT2D eigenvalue weighted by atomic mass is 16.2. The van der Waals surface area contributed by atoms with Gasteiger partial charge >= 0.3 is 6.03 Å². The number of urea groups is 1. The number of carbonyl (C=O) groups excluding carboxylic acids is 1. The van der Waals surface area contributed by atoms with Crippen LogP contribution in [0.4, 0.5) is 4.79 Å². The molecule has 0 aliphatic carbocycles. The Hall–Kier alpha value is -1.51. The van der Waals surface area contributed by atoms with Gasteiger partial charge in [-0.1, -0.05) is 32.9 Å². The number of benzene rings is 1. The second-order valence-electron chi connectivity index (χ2n) is 5.77. The third-order valence-electron chi connectivity index (χ3n) is 3.21. The third kappa shape index (κ3) is 3.49. The molecule has 1 aromatic rings. The van der Waals surface area contributed by atoms with Crippen LogP contribution < -0.4 is 10.6 Å². The van der Waals surface area contributed by atoms with Crippen LogP contribution in [0.3, 0.4) is 0 Å². The Morgan fingerprint density at radius 3 is 2.06 bits per heavy atom. The summed E-state index contributed by atoms with van der Waals surface area (Å²) < 4.78 is 0. The van der Waals surface area contributed by atoms with E-state index in [0.29, 0.717) is 6.54 Å². The van der Waals surface area contributed by atoms with Crippen molar-refractivity contribution in [2.24, 2.45) is 0 Å². The van der Waals surface area contributed by atoms with Crippen molar-refractivity contribution in [2.45, 2.75) is 46.6 Å². The van der Waals surface area contributed by atoms with Gasteiger partial charge in [-0.2, -0.15) is 0 Å². The fraction of sp³-hybridized carbons (Fsp3) is 0.533. The molecule has 0 aromatic heterocycles. The average molecular weight is 248 g/mol. The lowest BCUT2D eigenvalue weighted by Crippen LogP contribution is -2.32. The molecule has 2 N–H and O–H groups in total. The van der Waals surface area contributed by atoms with Crippen molar-refractivity contribution in [3.63, 3.8) is 0 Å². The van der Waals surface area contributed by atoms with E-state index in [1.807, 2.05) is 0 Å². The monoisotopic (exact) mass is 248 g/mol. The minimum absolute atomic E-state index is 0.145. The predicted molar refractivity (Wildman–Crippen MR) is 75.9 cm³/mol. The summed E-state index contributed by atoms with van der Waals surface area (Å²) in [6.07, 6.45) is 0. The van der Waals surface area contributed by atoms with Gasteiger partial charge in [-0.25, -0.2) is 4.79 Å². The lowest BCUT2D eigenvalue weighted by Gasteiger charge is -2.22. The number of aryl methyl sites for hydroxylation is 2. The number of carbonyl (C=O) groups is 1. The van der Waals surface area contributed by atoms with E-state index in [0.717, 1.165) is 0 Å². The fourth-order valence-electron chi connectivity index (χ4n) is 1.96. The smallest absolute Gasteiger partial charge is 0.314 e. The Labute approximate surface area is 110 Å². The summed E-state index contributed by atoms with van der Waals surface area (Å²) in [6, 6.07) is 4.29. The summed E-state index contributed by atoms with van der Waals surface area (Å²) in [6.45, 7) is 11.4. The van der Waals surface area contributed by atoms with E-state index in [9.17, 15) is 4.79 Å². The molecule has 0 unspecified atom stereocenters. The van der Waals surface area contributed by atoms with Gasteiger partial charge in [-0.3, -0.25) is 0 Å². The van der Waals surface area contributed by atoms with Crippen LogP contribution in [0.25, 0.3) is 0 Å². The van der Waals surface area contributed by atoms with E-state index in [1.165, 1.54) is 22.3 Å². The Balaban J connectivity index is 2.98. The molecule has 0 radical (unpaired) electrons. The van der Waals surface area contributed by atoms with Crippen LogP contribution in [0.2, 0.25) is 0 Å². The summed E-state index contributed by atoms with van der Waals surface area (Å²) in [5, 5.41) is 5.40. The Bertz CT molecular complexity index is 421. The van der Waals surface area contributed by atoms with E-state index in [-0.39, 0.29) is 11.4 Å². The van der Waals surface area contributed by atoms with Crippen LogP contribution in [-0.4, -0.2) is 13.1 Å². The lowest BCUT2D eigenvalue weighted by atomic mass is 9.84. The minimum atomic E-state index is -0.145. The number of nitrogens with one attached hydrogen (secondary N) is 2. The Morgan fingerprint density at radius 2 is 1.67 bits per heavy atom. The van der Waals surface area contributed by atoms with Crippen molar-refractivity contribution in [1.82, 2.24) is 10.6 Å². The molecule has 0 heterocycles. The van der Waals surface area contributed by atoms with Crippen molar-refractivity contribution in [3.8, 4) is 0 Å². The highest BCUT2D eigenvalue weighted by molar-refractivity contribution is 5.73. The molecule has 0 aliphatic heterocycles. The van der Waals surface area contributed by atoms with Gasteiger partial charge in [0.2, 0.25) is 0 Å². The van der Waals surface area contributed by atoms with Crippen LogP contribution in [-0.2, 0) is 12.0 Å². The van der Waals surface area contributed by atoms with Gasteiger partial charge in [-0.05, 0) is 41.5 Å². The lowest BCUT2D eigenvalue weighted by molar-refractivity contribution is 0.242. The van der Waals surface area contributed by atoms with E-state index in [4.69, 9.17) is 0 Å². The zero-order valence-corrected chi connectivity index (χ0v) is 12.3. The molecule has 0 fully saturated rings. The highest BCUT2D eigenvalue weighted by Gasteiger charge is 2.16. The first-order valence-corrected chi connectivity index (χ1v) is 6.32. The molecule has 18 heavy (non-hydrogen) atoms. The number of amides is 2. The predicted octanol–water partition coefficient (Wildman–Crippen LogP) is 3.03. The van der Waals surface area contributed by atoms with Gasteiger partial charge in [0.05, 0.1) is 0 Å². The van der Waals surface area contributed by atoms with E-state index < -0.39 is 0 Å². The topological polar surface area (TPSA) is 41.1 Å². The first-order valence-electron chi connectivity index (χ1n) is 6.32. The molecule has 0 spiro atoms. The normalized spacial score (nSPS) is 11.2. The third-order valence-corrected chi connectivity index (χ3v) is 3.21. The summed E-state index contributed by atoms with van der Waals surface area (Å²) >= 11 is 0. The van der Waals surface area contributed by atoms with Gasteiger partial charge in [0.15, 0.2) is 0 Å². The van der Waals surface area contributed by atoms with E-state index in [2.05, 4.69) is 57.4 Å². The van der Waals surface area contributed by atoms with Crippen LogP contribution in [0.15, 0.2) is 12.1 Å². The Morgan fingerprint density at radius 1 is 1.17 bits per heavy atom. The molecule has 2 amide bonds. The average Bonchev–Trinajstić information content (AvgIpc) is 2.26. The summed E-state index contributed by atoms with van der Waals surface area (Å²) in [7, 11) is 1.62. The molecule has 100 valence electrons. The molecule has 0 saturated carbocycles. The molecule has 3 nitrogen and oxygen atoms in total. The summed E-state index contributed by atoms with van der Waals surface area (Å²) in [5.74, 6) is 0. The molecule has 1 aromatic carbocycles. The number of rotatable bonds is 2. The van der Waals surface area contributed by atoms with Crippen LogP contribution in [0.5, 0.6) is 0 Å². The first kappa shape index (κ1) is 14.6. The summed E-state index contributed by atoms with van der Waals surface area (Å²) in [4.78, 5) is 11.2. The number of hydrogen-bond donors (Lipinski definition) is 2. The van der Waals surface area contributed by atoms with E-state index in [1.54, 1.807) is 7.05 Å². The second kappa shape index (κ2) is 5.42. The molecule has 1 rings (SSSR count). The van der Waals surface area contributed by atoms with Gasteiger partial charge < -0.3 is 10.6 Å². The standard InChI is InChI=1S/C15H24N2O/c1-10-7-12(15(3,4)5)8-11(2)13(10)9-17-14(18)16-6/h7-8H,9H2,1-6H3,(H2,16,17,18). The van der Waals surface area contributed by atoms with E-state index >= 15 is 0 Å². The maximum atomic E-state index is 11.2. The molecule has 0 atom stereocenters. The minimum Gasteiger partial charge on any atom is -0.341 e. The van der Waals surface area contributed by atoms with Gasteiger partial charge in [0, 0.05) is 13.6 Å². The van der Waals surface area contributed by atoms with Crippen molar-refractivity contribution >= 4 is 6.03 Å². The zero-order chi connectivity index (χ0) is 13.9. The van der Waals surface area contributed by atoms with Gasteiger partial charge in [0.25, 0.3) is 0 Å². The van der Waals surface area contributed by atoms with Crippen molar-refractivity contribution in [1.29, 1.82) is 0 Å². The molecular formula is C15H24N2O. The molecule has 0 bridgehead atoms. The second-order valence-corrected chi connectivity index (χ2v) is 5.77. The van der Waals surface area contributed by atoms with Crippen LogP contribution in [0.1, 0.15) is 43.0 Å². The SMILES string of the molecule is CNC(=O)NCc1c(C)cc(C(C)(C)C)cc1C. The van der Waals surface area contributed by atoms with Gasteiger partial charge in [-0.15, -0.1) is 0 Å². The fourth-order valence-corrected chi connectivity index (χ4v) is 1.96. The maximum Gasteiger partial charge on any atom is 0.314 e.